The van der Waals surface area contributed by atoms with Crippen molar-refractivity contribution in [3.05, 3.63) is 0 Å². The molecule has 2 aliphatic rings. The summed E-state index contributed by atoms with van der Waals surface area (Å²) in [6.07, 6.45) is 4.03. The van der Waals surface area contributed by atoms with Crippen LogP contribution in [0.15, 0.2) is 0 Å². The first-order valence-electron chi connectivity index (χ1n) is 22.4. The largest absolute Gasteiger partial charge is 0.394 e. The van der Waals surface area contributed by atoms with E-state index in [0.717, 1.165) is 0 Å². The Morgan fingerprint density at radius 3 is 1.69 bits per heavy atom. The van der Waals surface area contributed by atoms with Crippen molar-refractivity contribution in [2.24, 2.45) is 23.5 Å². The molecular formula is C43H73N9O11S. The van der Waals surface area contributed by atoms with Crippen LogP contribution in [-0.4, -0.2) is 154 Å². The smallest absolute Gasteiger partial charge is 0.248 e. The van der Waals surface area contributed by atoms with E-state index in [-0.39, 0.29) is 49.8 Å². The highest BCUT2D eigenvalue weighted by Gasteiger charge is 2.42. The van der Waals surface area contributed by atoms with Crippen molar-refractivity contribution in [2.75, 3.05) is 31.7 Å². The third-order valence-corrected chi connectivity index (χ3v) is 12.3. The molecule has 0 aromatic rings. The fourth-order valence-electron chi connectivity index (χ4n) is 7.88. The summed E-state index contributed by atoms with van der Waals surface area (Å²) in [5, 5.41) is 26.2. The summed E-state index contributed by atoms with van der Waals surface area (Å²) in [6, 6.07) is -8.82. The number of hydrogen-bond acceptors (Lipinski definition) is 12. The molecule has 9 atom stereocenters. The van der Waals surface area contributed by atoms with Crippen LogP contribution >= 0.6 is 11.8 Å². The average molecular weight is 924 g/mol. The molecule has 20 nitrogen and oxygen atoms in total. The molecular weight excluding hydrogens is 851 g/mol. The van der Waals surface area contributed by atoms with E-state index in [1.165, 1.54) is 35.4 Å². The van der Waals surface area contributed by atoms with Crippen LogP contribution < -0.4 is 37.6 Å². The minimum absolute atomic E-state index is 0.0123. The lowest BCUT2D eigenvalue weighted by atomic mass is 9.95. The molecule has 0 aromatic carbocycles. The predicted octanol–water partition coefficient (Wildman–Crippen LogP) is -0.755. The lowest BCUT2D eigenvalue weighted by Gasteiger charge is -2.33. The summed E-state index contributed by atoms with van der Waals surface area (Å²) in [6.45, 7) is 13.1. The number of thioether (sulfide) groups is 1. The third kappa shape index (κ3) is 16.6. The Balaban J connectivity index is 2.26. The lowest BCUT2D eigenvalue weighted by Crippen LogP contribution is -2.62. The number of nitrogens with one attached hydrogen (secondary N) is 6. The van der Waals surface area contributed by atoms with E-state index < -0.39 is 114 Å². The molecule has 0 saturated carbocycles. The predicted molar refractivity (Wildman–Crippen MR) is 240 cm³/mol. The Morgan fingerprint density at radius 1 is 0.672 bits per heavy atom. The molecule has 2 rings (SSSR count). The SMILES string of the molecule is CC[C@H](C)[C@H](NC(=O)[C@@H]1CCCN1C(=O)[C@H](CO)NC(=O)[C@H](CCC(N)=O)NC(=O)[C@H](CCSC)NC(C)=O)C(=O)N[C@H](C(=O)N[C@@H](CC(C)C)C(=O)N1CCC[C@H]1C(C)=O)C(C)C. The molecule has 9 N–H and O–H groups in total. The van der Waals surface area contributed by atoms with Gasteiger partial charge in [-0.05, 0) is 81.6 Å². The van der Waals surface area contributed by atoms with Gasteiger partial charge in [0.25, 0.3) is 0 Å². The van der Waals surface area contributed by atoms with Gasteiger partial charge in [-0.15, -0.1) is 0 Å². The summed E-state index contributed by atoms with van der Waals surface area (Å²) in [5.74, 6) is -6.44. The first-order valence-corrected chi connectivity index (χ1v) is 23.8. The van der Waals surface area contributed by atoms with Crippen molar-refractivity contribution in [1.82, 2.24) is 41.7 Å². The van der Waals surface area contributed by atoms with Crippen molar-refractivity contribution in [3.63, 3.8) is 0 Å². The molecule has 0 aromatic heterocycles. The zero-order valence-corrected chi connectivity index (χ0v) is 39.8. The molecule has 0 aliphatic carbocycles. The molecule has 21 heteroatoms. The Kier molecular flexibility index (Phi) is 23.2. The van der Waals surface area contributed by atoms with Crippen LogP contribution in [0.1, 0.15) is 113 Å². The van der Waals surface area contributed by atoms with E-state index in [2.05, 4.69) is 31.9 Å². The summed E-state index contributed by atoms with van der Waals surface area (Å²) < 4.78 is 0. The number of aliphatic hydroxyl groups is 1. The van der Waals surface area contributed by atoms with Gasteiger partial charge in [-0.25, -0.2) is 0 Å². The fourth-order valence-corrected chi connectivity index (χ4v) is 8.35. The van der Waals surface area contributed by atoms with E-state index in [1.807, 2.05) is 27.0 Å². The van der Waals surface area contributed by atoms with Crippen LogP contribution in [0, 0.1) is 17.8 Å². The average Bonchev–Trinajstić information content (AvgIpc) is 3.93. The van der Waals surface area contributed by atoms with Crippen molar-refractivity contribution in [1.29, 1.82) is 0 Å². The first-order chi connectivity index (χ1) is 30.1. The number of amides is 9. The van der Waals surface area contributed by atoms with Gasteiger partial charge in [-0.1, -0.05) is 48.0 Å². The number of carbonyl (C=O) groups excluding carboxylic acids is 10. The van der Waals surface area contributed by atoms with E-state index in [0.29, 0.717) is 44.4 Å². The minimum atomic E-state index is -1.57. The zero-order valence-electron chi connectivity index (χ0n) is 39.0. The Hall–Kier alpha value is -4.79. The van der Waals surface area contributed by atoms with Gasteiger partial charge in [0.1, 0.15) is 42.3 Å². The number of likely N-dealkylation sites (tertiary alicyclic amines) is 2. The second-order valence-electron chi connectivity index (χ2n) is 17.6. The van der Waals surface area contributed by atoms with Gasteiger partial charge in [0.15, 0.2) is 5.78 Å². The standard InChI is InChI=1S/C43H73N9O11S/c1-10-25(6)36(41(61)49-35(24(4)5)40(60)47-30(21-23(2)3)42(62)51-18-11-13-32(51)26(7)54)50-39(59)33-14-12-19-52(33)43(63)31(22-53)48-37(57)28(15-16-34(44)56)46-38(58)29(17-20-64-9)45-27(8)55/h23-25,28-33,35-36,53H,10-22H2,1-9H3,(H2,44,56)(H,45,55)(H,46,58)(H,47,60)(H,48,57)(H,49,61)(H,50,59)/t25-,28-,29-,30-,31-,32-,33-,35-,36-/m0/s1. The molecule has 362 valence electrons. The fraction of sp³-hybridized carbons (Fsp3) is 0.767. The van der Waals surface area contributed by atoms with Gasteiger partial charge >= 0.3 is 0 Å². The second kappa shape index (κ2) is 26.9. The molecule has 2 heterocycles. The molecule has 0 bridgehead atoms. The molecule has 0 radical (unpaired) electrons. The summed E-state index contributed by atoms with van der Waals surface area (Å²) in [4.78, 5) is 135. The van der Waals surface area contributed by atoms with Gasteiger partial charge in [-0.2, -0.15) is 11.8 Å². The summed E-state index contributed by atoms with van der Waals surface area (Å²) >= 11 is 1.44. The van der Waals surface area contributed by atoms with E-state index in [1.54, 1.807) is 20.8 Å². The third-order valence-electron chi connectivity index (χ3n) is 11.6. The van der Waals surface area contributed by atoms with Crippen LogP contribution in [0.5, 0.6) is 0 Å². The molecule has 0 unspecified atom stereocenters. The first kappa shape index (κ1) is 55.3. The number of nitrogens with two attached hydrogens (primary N) is 1. The lowest BCUT2D eigenvalue weighted by molar-refractivity contribution is -0.144. The number of primary amides is 1. The Bertz CT molecular complexity index is 1680. The molecule has 2 saturated heterocycles. The number of rotatable bonds is 26. The maximum atomic E-state index is 14.1. The number of carbonyl (C=O) groups is 10. The highest BCUT2D eigenvalue weighted by molar-refractivity contribution is 7.98. The topological polar surface area (TPSA) is 296 Å². The van der Waals surface area contributed by atoms with Crippen LogP contribution in [0.25, 0.3) is 0 Å². The van der Waals surface area contributed by atoms with Crippen molar-refractivity contribution >= 4 is 70.7 Å². The zero-order chi connectivity index (χ0) is 48.4. The number of nitrogens with zero attached hydrogens (tertiary/aromatic N) is 2. The van der Waals surface area contributed by atoms with E-state index in [9.17, 15) is 53.1 Å². The van der Waals surface area contributed by atoms with Gasteiger partial charge in [0, 0.05) is 26.4 Å². The van der Waals surface area contributed by atoms with Crippen molar-refractivity contribution in [3.8, 4) is 0 Å². The van der Waals surface area contributed by atoms with E-state index >= 15 is 0 Å². The maximum absolute atomic E-state index is 14.1. The maximum Gasteiger partial charge on any atom is 0.248 e. The van der Waals surface area contributed by atoms with Crippen LogP contribution in [0.4, 0.5) is 0 Å². The van der Waals surface area contributed by atoms with Crippen LogP contribution in [0.3, 0.4) is 0 Å². The summed E-state index contributed by atoms with van der Waals surface area (Å²) in [5.41, 5.74) is 5.32. The number of aliphatic hydroxyl groups excluding tert-OH is 1. The normalized spacial score (nSPS) is 19.4. The van der Waals surface area contributed by atoms with Crippen molar-refractivity contribution in [2.45, 2.75) is 162 Å². The van der Waals surface area contributed by atoms with Crippen LogP contribution in [0.2, 0.25) is 0 Å². The minimum Gasteiger partial charge on any atom is -0.394 e. The Morgan fingerprint density at radius 2 is 1.19 bits per heavy atom. The summed E-state index contributed by atoms with van der Waals surface area (Å²) in [7, 11) is 0. The van der Waals surface area contributed by atoms with Gasteiger partial charge in [-0.3, -0.25) is 47.9 Å². The number of Topliss-reactive ketones (excluding diaryl/α,β-unsaturated/α-hetero) is 1. The van der Waals surface area contributed by atoms with Gasteiger partial charge in [0.2, 0.25) is 53.2 Å². The number of hydrogen-bond donors (Lipinski definition) is 8. The molecule has 0 spiro atoms. The monoisotopic (exact) mass is 924 g/mol. The molecule has 64 heavy (non-hydrogen) atoms. The van der Waals surface area contributed by atoms with Crippen molar-refractivity contribution < 1.29 is 53.1 Å². The molecule has 2 fully saturated rings. The second-order valence-corrected chi connectivity index (χ2v) is 18.6. The molecule has 9 amide bonds. The quantitative estimate of drug-likeness (QED) is 0.0532. The molecule has 2 aliphatic heterocycles. The van der Waals surface area contributed by atoms with Gasteiger partial charge in [0.05, 0.1) is 12.6 Å². The highest BCUT2D eigenvalue weighted by Crippen LogP contribution is 2.23. The van der Waals surface area contributed by atoms with E-state index in [4.69, 9.17) is 5.73 Å². The highest BCUT2D eigenvalue weighted by atomic mass is 32.2. The Labute approximate surface area is 381 Å². The number of ketones is 1. The van der Waals surface area contributed by atoms with Crippen LogP contribution in [-0.2, 0) is 47.9 Å². The van der Waals surface area contributed by atoms with Gasteiger partial charge < -0.3 is 52.5 Å².